The van der Waals surface area contributed by atoms with E-state index in [4.69, 9.17) is 4.42 Å². The minimum absolute atomic E-state index is 0.153. The highest BCUT2D eigenvalue weighted by molar-refractivity contribution is 6.06. The Morgan fingerprint density at radius 3 is 2.95 bits per heavy atom. The van der Waals surface area contributed by atoms with Gasteiger partial charge in [-0.25, -0.2) is 0 Å². The summed E-state index contributed by atoms with van der Waals surface area (Å²) < 4.78 is 7.19. The number of fused-ring (bicyclic) bond motifs is 1. The van der Waals surface area contributed by atoms with Crippen LogP contribution in [0.1, 0.15) is 16.1 Å². The Morgan fingerprint density at radius 2 is 2.21 bits per heavy atom. The van der Waals surface area contributed by atoms with Crippen LogP contribution in [0.4, 0.5) is 0 Å². The smallest absolute Gasteiger partial charge is 0.221 e. The third-order valence-electron chi connectivity index (χ3n) is 2.82. The Morgan fingerprint density at radius 1 is 1.37 bits per heavy atom. The third kappa shape index (κ3) is 2.33. The quantitative estimate of drug-likeness (QED) is 0.531. The van der Waals surface area contributed by atoms with Gasteiger partial charge < -0.3 is 4.42 Å². The minimum atomic E-state index is -0.153. The molecule has 0 unspecified atom stereocenters. The number of aromatic nitrogens is 2. The molecule has 2 aromatic heterocycles. The fourth-order valence-corrected chi connectivity index (χ4v) is 1.88. The van der Waals surface area contributed by atoms with Crippen LogP contribution in [-0.2, 0) is 7.05 Å². The number of carbonyl (C=O) groups excluding carboxylic acids is 1. The molecule has 4 nitrogen and oxygen atoms in total. The van der Waals surface area contributed by atoms with E-state index < -0.39 is 0 Å². The van der Waals surface area contributed by atoms with Crippen molar-refractivity contribution in [2.45, 2.75) is 0 Å². The summed E-state index contributed by atoms with van der Waals surface area (Å²) in [5.74, 6) is 0.196. The van der Waals surface area contributed by atoms with E-state index in [1.165, 1.54) is 6.08 Å². The Hall–Kier alpha value is -2.62. The maximum Gasteiger partial charge on any atom is 0.221 e. The predicted octanol–water partition coefficient (Wildman–Crippen LogP) is 3.06. The van der Waals surface area contributed by atoms with Gasteiger partial charge >= 0.3 is 0 Å². The Balaban J connectivity index is 1.85. The standard InChI is InChI=1S/C15H12N2O2/c1-17-10-11(9-16-17)6-7-13(18)15-8-12-4-2-3-5-14(12)19-15/h2-10H,1H3. The van der Waals surface area contributed by atoms with E-state index in [1.54, 1.807) is 23.0 Å². The summed E-state index contributed by atoms with van der Waals surface area (Å²) >= 11 is 0. The molecule has 0 fully saturated rings. The van der Waals surface area contributed by atoms with Crippen LogP contribution in [0.25, 0.3) is 17.0 Å². The van der Waals surface area contributed by atoms with Crippen molar-refractivity contribution in [1.82, 2.24) is 9.78 Å². The summed E-state index contributed by atoms with van der Waals surface area (Å²) in [4.78, 5) is 12.0. The number of aryl methyl sites for hydroxylation is 1. The van der Waals surface area contributed by atoms with E-state index in [0.29, 0.717) is 5.76 Å². The average molecular weight is 252 g/mol. The van der Waals surface area contributed by atoms with E-state index >= 15 is 0 Å². The number of ketones is 1. The highest BCUT2D eigenvalue weighted by atomic mass is 16.3. The normalized spacial score (nSPS) is 11.4. The van der Waals surface area contributed by atoms with Crippen LogP contribution in [0.5, 0.6) is 0 Å². The van der Waals surface area contributed by atoms with Crippen molar-refractivity contribution in [3.05, 3.63) is 60.1 Å². The molecular weight excluding hydrogens is 240 g/mol. The largest absolute Gasteiger partial charge is 0.453 e. The number of allylic oxidation sites excluding steroid dienone is 1. The zero-order chi connectivity index (χ0) is 13.2. The number of carbonyl (C=O) groups is 1. The van der Waals surface area contributed by atoms with Gasteiger partial charge in [0.15, 0.2) is 5.76 Å². The topological polar surface area (TPSA) is 48.0 Å². The molecule has 94 valence electrons. The van der Waals surface area contributed by atoms with Gasteiger partial charge in [0, 0.05) is 24.2 Å². The molecule has 0 N–H and O–H groups in total. The summed E-state index contributed by atoms with van der Waals surface area (Å²) in [7, 11) is 1.83. The van der Waals surface area contributed by atoms with Crippen molar-refractivity contribution in [3.8, 4) is 0 Å². The van der Waals surface area contributed by atoms with Crippen molar-refractivity contribution in [3.63, 3.8) is 0 Å². The lowest BCUT2D eigenvalue weighted by atomic mass is 10.2. The summed E-state index contributed by atoms with van der Waals surface area (Å²) in [6.45, 7) is 0. The molecule has 0 saturated heterocycles. The number of nitrogens with zero attached hydrogens (tertiary/aromatic N) is 2. The molecule has 0 atom stereocenters. The lowest BCUT2D eigenvalue weighted by molar-refractivity contribution is 0.102. The second-order valence-electron chi connectivity index (χ2n) is 4.29. The second-order valence-corrected chi connectivity index (χ2v) is 4.29. The van der Waals surface area contributed by atoms with Crippen molar-refractivity contribution < 1.29 is 9.21 Å². The molecule has 0 aliphatic heterocycles. The molecule has 3 rings (SSSR count). The molecule has 1 aromatic carbocycles. The van der Waals surface area contributed by atoms with Crippen LogP contribution >= 0.6 is 0 Å². The third-order valence-corrected chi connectivity index (χ3v) is 2.82. The van der Waals surface area contributed by atoms with Crippen LogP contribution in [0.15, 0.2) is 53.2 Å². The van der Waals surface area contributed by atoms with E-state index in [0.717, 1.165) is 16.5 Å². The second kappa shape index (κ2) is 4.57. The van der Waals surface area contributed by atoms with Crippen molar-refractivity contribution in [1.29, 1.82) is 0 Å². The van der Waals surface area contributed by atoms with Crippen LogP contribution in [-0.4, -0.2) is 15.6 Å². The number of para-hydroxylation sites is 1. The summed E-state index contributed by atoms with van der Waals surface area (Å²) in [5.41, 5.74) is 1.60. The Labute approximate surface area is 110 Å². The maximum atomic E-state index is 12.0. The fourth-order valence-electron chi connectivity index (χ4n) is 1.88. The molecule has 4 heteroatoms. The summed E-state index contributed by atoms with van der Waals surface area (Å²) in [6, 6.07) is 9.31. The molecule has 2 heterocycles. The molecule has 0 amide bonds. The number of hydrogen-bond acceptors (Lipinski definition) is 3. The van der Waals surface area contributed by atoms with Gasteiger partial charge in [-0.2, -0.15) is 5.10 Å². The van der Waals surface area contributed by atoms with E-state index in [2.05, 4.69) is 5.10 Å². The summed E-state index contributed by atoms with van der Waals surface area (Å²) in [5, 5.41) is 4.96. The molecular formula is C15H12N2O2. The number of furan rings is 1. The fraction of sp³-hybridized carbons (Fsp3) is 0.0667. The zero-order valence-corrected chi connectivity index (χ0v) is 10.4. The minimum Gasteiger partial charge on any atom is -0.453 e. The van der Waals surface area contributed by atoms with Crippen LogP contribution in [0.3, 0.4) is 0 Å². The van der Waals surface area contributed by atoms with Crippen LogP contribution < -0.4 is 0 Å². The Bertz CT molecular complexity index is 732. The van der Waals surface area contributed by atoms with Gasteiger partial charge in [0.25, 0.3) is 0 Å². The van der Waals surface area contributed by atoms with E-state index in [9.17, 15) is 4.79 Å². The molecule has 0 saturated carbocycles. The van der Waals surface area contributed by atoms with Gasteiger partial charge in [-0.1, -0.05) is 18.2 Å². The zero-order valence-electron chi connectivity index (χ0n) is 10.4. The SMILES string of the molecule is Cn1cc(C=CC(=O)c2cc3ccccc3o2)cn1. The van der Waals surface area contributed by atoms with Crippen LogP contribution in [0, 0.1) is 0 Å². The van der Waals surface area contributed by atoms with Gasteiger partial charge in [-0.05, 0) is 24.3 Å². The first kappa shape index (κ1) is 11.5. The maximum absolute atomic E-state index is 12.0. The molecule has 0 aliphatic rings. The van der Waals surface area contributed by atoms with Gasteiger partial charge in [0.05, 0.1) is 6.20 Å². The summed E-state index contributed by atoms with van der Waals surface area (Å²) in [6.07, 6.45) is 6.75. The first-order valence-corrected chi connectivity index (χ1v) is 5.92. The van der Waals surface area contributed by atoms with Gasteiger partial charge in [0.1, 0.15) is 5.58 Å². The lowest BCUT2D eigenvalue weighted by Gasteiger charge is -1.87. The van der Waals surface area contributed by atoms with Crippen LogP contribution in [0.2, 0.25) is 0 Å². The number of rotatable bonds is 3. The molecule has 0 aliphatic carbocycles. The highest BCUT2D eigenvalue weighted by Crippen LogP contribution is 2.19. The van der Waals surface area contributed by atoms with Crippen molar-refractivity contribution in [2.24, 2.45) is 7.05 Å². The predicted molar refractivity (Wildman–Crippen MR) is 72.8 cm³/mol. The molecule has 3 aromatic rings. The number of hydrogen-bond donors (Lipinski definition) is 0. The number of benzene rings is 1. The first-order chi connectivity index (χ1) is 9.22. The van der Waals surface area contributed by atoms with E-state index in [-0.39, 0.29) is 5.78 Å². The van der Waals surface area contributed by atoms with Gasteiger partial charge in [0.2, 0.25) is 5.78 Å². The van der Waals surface area contributed by atoms with Gasteiger partial charge in [-0.3, -0.25) is 9.48 Å². The first-order valence-electron chi connectivity index (χ1n) is 5.92. The monoisotopic (exact) mass is 252 g/mol. The average Bonchev–Trinajstić information content (AvgIpc) is 3.01. The molecule has 0 bridgehead atoms. The van der Waals surface area contributed by atoms with Crippen molar-refractivity contribution in [2.75, 3.05) is 0 Å². The Kier molecular flexibility index (Phi) is 2.76. The molecule has 19 heavy (non-hydrogen) atoms. The van der Waals surface area contributed by atoms with E-state index in [1.807, 2.05) is 37.5 Å². The van der Waals surface area contributed by atoms with Gasteiger partial charge in [-0.15, -0.1) is 0 Å². The lowest BCUT2D eigenvalue weighted by Crippen LogP contribution is -1.90. The van der Waals surface area contributed by atoms with Crippen molar-refractivity contribution >= 4 is 22.8 Å². The molecule has 0 spiro atoms. The molecule has 0 radical (unpaired) electrons. The highest BCUT2D eigenvalue weighted by Gasteiger charge is 2.08.